The van der Waals surface area contributed by atoms with E-state index in [1.807, 2.05) is 0 Å². The second-order valence-electron chi connectivity index (χ2n) is 9.89. The van der Waals surface area contributed by atoms with Gasteiger partial charge in [0.15, 0.2) is 5.82 Å². The molecular formula is C23H22F2N6O2S. The molecule has 3 aliphatic rings. The number of nitrogen functional groups attached to an aromatic ring is 1. The Bertz CT molecular complexity index is 1610. The number of hydrogen-bond donors (Lipinski definition) is 3. The Morgan fingerprint density at radius 2 is 1.94 bits per heavy atom. The van der Waals surface area contributed by atoms with Gasteiger partial charge in [0.2, 0.25) is 10.0 Å². The standard InChI is InChI=1S/C23H22F2N6O2S/c1-34(32,33)31-21(11-4-5-14-19(20(11)25)23(26)30-29-14)17-10-3-2-9(6-10)16(17)18-12-8-27-28-15(12)7-13(24)22(18)31/h4-5,7-10,16-17,21H,2-3,6H2,1H3,(H,27,28)(H3,26,29,30)/t9?,10?,16-,17+,21-/m0/s1. The number of nitrogens with two attached hydrogens (primary N) is 1. The fourth-order valence-electron chi connectivity index (χ4n) is 7.19. The van der Waals surface area contributed by atoms with Crippen molar-refractivity contribution in [3.63, 3.8) is 0 Å². The van der Waals surface area contributed by atoms with Crippen molar-refractivity contribution < 1.29 is 17.2 Å². The summed E-state index contributed by atoms with van der Waals surface area (Å²) in [6.45, 7) is 0. The van der Waals surface area contributed by atoms with Gasteiger partial charge in [0.05, 0.1) is 40.6 Å². The third-order valence-electron chi connectivity index (χ3n) is 8.26. The summed E-state index contributed by atoms with van der Waals surface area (Å²) >= 11 is 0. The quantitative estimate of drug-likeness (QED) is 0.398. The molecule has 176 valence electrons. The monoisotopic (exact) mass is 484 g/mol. The highest BCUT2D eigenvalue weighted by Gasteiger charge is 2.59. The minimum absolute atomic E-state index is 0.00671. The molecule has 2 bridgehead atoms. The minimum Gasteiger partial charge on any atom is -0.382 e. The SMILES string of the molecule is CS(=O)(=O)N1c2c(F)cc3[nH]ncc3c2[C@H]2C3CCC(C3)[C@H]2[C@@H]1c1ccc2[nH]nc(N)c2c1F. The van der Waals surface area contributed by atoms with E-state index in [9.17, 15) is 8.42 Å². The van der Waals surface area contributed by atoms with Crippen LogP contribution in [0.15, 0.2) is 24.4 Å². The first kappa shape index (κ1) is 20.2. The molecule has 2 aromatic heterocycles. The number of rotatable bonds is 2. The van der Waals surface area contributed by atoms with Crippen LogP contribution in [0.5, 0.6) is 0 Å². The third kappa shape index (κ3) is 2.42. The summed E-state index contributed by atoms with van der Waals surface area (Å²) in [4.78, 5) is 0. The van der Waals surface area contributed by atoms with Crippen molar-refractivity contribution in [3.8, 4) is 0 Å². The first-order valence-electron chi connectivity index (χ1n) is 11.3. The van der Waals surface area contributed by atoms with Gasteiger partial charge in [0.1, 0.15) is 11.6 Å². The van der Waals surface area contributed by atoms with Gasteiger partial charge in [0, 0.05) is 17.0 Å². The molecule has 0 amide bonds. The second-order valence-corrected chi connectivity index (χ2v) is 11.8. The summed E-state index contributed by atoms with van der Waals surface area (Å²) in [5, 5.41) is 14.4. The van der Waals surface area contributed by atoms with Crippen LogP contribution in [0.4, 0.5) is 20.3 Å². The zero-order chi connectivity index (χ0) is 23.5. The summed E-state index contributed by atoms with van der Waals surface area (Å²) in [6, 6.07) is 3.63. The maximum atomic E-state index is 16.0. The van der Waals surface area contributed by atoms with Crippen molar-refractivity contribution in [2.75, 3.05) is 16.3 Å². The average Bonchev–Trinajstić information content (AvgIpc) is 3.56. The lowest BCUT2D eigenvalue weighted by molar-refractivity contribution is 0.234. The Kier molecular flexibility index (Phi) is 3.84. The first-order valence-corrected chi connectivity index (χ1v) is 13.2. The Labute approximate surface area is 193 Å². The zero-order valence-electron chi connectivity index (χ0n) is 18.2. The van der Waals surface area contributed by atoms with Gasteiger partial charge in [-0.25, -0.2) is 17.2 Å². The normalized spacial score (nSPS) is 28.1. The Balaban J connectivity index is 1.59. The highest BCUT2D eigenvalue weighted by Crippen LogP contribution is 2.67. The second kappa shape index (κ2) is 6.47. The maximum Gasteiger partial charge on any atom is 0.232 e. The summed E-state index contributed by atoms with van der Waals surface area (Å²) in [5.41, 5.74) is 7.77. The molecule has 2 aromatic carbocycles. The molecule has 0 spiro atoms. The van der Waals surface area contributed by atoms with Gasteiger partial charge in [-0.3, -0.25) is 14.5 Å². The number of nitrogens with one attached hydrogen (secondary N) is 2. The number of hydrogen-bond acceptors (Lipinski definition) is 5. The molecule has 2 unspecified atom stereocenters. The van der Waals surface area contributed by atoms with E-state index >= 15 is 8.78 Å². The molecule has 34 heavy (non-hydrogen) atoms. The largest absolute Gasteiger partial charge is 0.382 e. The van der Waals surface area contributed by atoms with Crippen LogP contribution in [0.2, 0.25) is 0 Å². The van der Waals surface area contributed by atoms with Gasteiger partial charge < -0.3 is 5.73 Å². The van der Waals surface area contributed by atoms with Crippen LogP contribution >= 0.6 is 0 Å². The van der Waals surface area contributed by atoms with Crippen molar-refractivity contribution in [1.82, 2.24) is 20.4 Å². The molecule has 0 saturated heterocycles. The molecule has 4 N–H and O–H groups in total. The van der Waals surface area contributed by atoms with E-state index in [1.54, 1.807) is 18.3 Å². The zero-order valence-corrected chi connectivity index (χ0v) is 19.0. The molecule has 2 aliphatic carbocycles. The number of nitrogens with zero attached hydrogens (tertiary/aromatic N) is 3. The summed E-state index contributed by atoms with van der Waals surface area (Å²) in [6.07, 6.45) is 5.53. The summed E-state index contributed by atoms with van der Waals surface area (Å²) < 4.78 is 59.5. The topological polar surface area (TPSA) is 121 Å². The predicted molar refractivity (Wildman–Crippen MR) is 124 cm³/mol. The Morgan fingerprint density at radius 1 is 1.15 bits per heavy atom. The molecule has 5 atom stereocenters. The van der Waals surface area contributed by atoms with E-state index in [0.717, 1.165) is 35.2 Å². The van der Waals surface area contributed by atoms with Crippen molar-refractivity contribution in [3.05, 3.63) is 47.2 Å². The van der Waals surface area contributed by atoms with E-state index < -0.39 is 27.7 Å². The lowest BCUT2D eigenvalue weighted by Crippen LogP contribution is -2.46. The van der Waals surface area contributed by atoms with Gasteiger partial charge in [-0.15, -0.1) is 0 Å². The van der Waals surface area contributed by atoms with E-state index in [2.05, 4.69) is 20.4 Å². The number of anilines is 2. The molecule has 8 nitrogen and oxygen atoms in total. The van der Waals surface area contributed by atoms with Crippen LogP contribution in [0.1, 0.15) is 42.3 Å². The van der Waals surface area contributed by atoms with Gasteiger partial charge in [0.25, 0.3) is 0 Å². The van der Waals surface area contributed by atoms with Gasteiger partial charge in [-0.2, -0.15) is 10.2 Å². The average molecular weight is 485 g/mol. The lowest BCUT2D eigenvalue weighted by Gasteiger charge is -2.48. The predicted octanol–water partition coefficient (Wildman–Crippen LogP) is 3.95. The smallest absolute Gasteiger partial charge is 0.232 e. The highest BCUT2D eigenvalue weighted by molar-refractivity contribution is 7.92. The molecule has 3 heterocycles. The first-order chi connectivity index (χ1) is 16.3. The number of aromatic amines is 2. The van der Waals surface area contributed by atoms with Crippen LogP contribution in [0.25, 0.3) is 21.8 Å². The van der Waals surface area contributed by atoms with Crippen molar-refractivity contribution >= 4 is 43.3 Å². The molecule has 1 aliphatic heterocycles. The summed E-state index contributed by atoms with van der Waals surface area (Å²) in [7, 11) is -3.99. The minimum atomic E-state index is -3.99. The lowest BCUT2D eigenvalue weighted by atomic mass is 9.67. The van der Waals surface area contributed by atoms with Crippen molar-refractivity contribution in [2.24, 2.45) is 17.8 Å². The number of sulfonamides is 1. The molecular weight excluding hydrogens is 462 g/mol. The van der Waals surface area contributed by atoms with E-state index in [1.165, 1.54) is 6.07 Å². The van der Waals surface area contributed by atoms with Crippen LogP contribution in [-0.4, -0.2) is 35.1 Å². The molecule has 4 aromatic rings. The summed E-state index contributed by atoms with van der Waals surface area (Å²) in [5.74, 6) is -1.06. The Hall–Kier alpha value is -3.21. The molecule has 0 radical (unpaired) electrons. The Morgan fingerprint density at radius 3 is 2.74 bits per heavy atom. The van der Waals surface area contributed by atoms with Crippen LogP contribution in [-0.2, 0) is 10.0 Å². The maximum absolute atomic E-state index is 16.0. The van der Waals surface area contributed by atoms with Crippen LogP contribution in [0.3, 0.4) is 0 Å². The van der Waals surface area contributed by atoms with E-state index in [0.29, 0.717) is 16.6 Å². The van der Waals surface area contributed by atoms with Gasteiger partial charge in [-0.1, -0.05) is 6.07 Å². The molecule has 2 saturated carbocycles. The van der Waals surface area contributed by atoms with E-state index in [-0.39, 0.29) is 46.1 Å². The fraction of sp³-hybridized carbons (Fsp3) is 0.391. The molecule has 11 heteroatoms. The van der Waals surface area contributed by atoms with Gasteiger partial charge in [-0.05, 0) is 54.6 Å². The van der Waals surface area contributed by atoms with Crippen molar-refractivity contribution in [1.29, 1.82) is 0 Å². The highest BCUT2D eigenvalue weighted by atomic mass is 32.2. The van der Waals surface area contributed by atoms with Crippen LogP contribution in [0, 0.1) is 29.4 Å². The number of H-pyrrole nitrogens is 2. The molecule has 2 fully saturated rings. The number of benzene rings is 2. The molecule has 7 rings (SSSR count). The fourth-order valence-corrected chi connectivity index (χ4v) is 8.38. The van der Waals surface area contributed by atoms with E-state index in [4.69, 9.17) is 5.73 Å². The number of aromatic nitrogens is 4. The number of fused-ring (bicyclic) bond motifs is 10. The third-order valence-corrected chi connectivity index (χ3v) is 9.39. The number of halogens is 2. The van der Waals surface area contributed by atoms with Gasteiger partial charge >= 0.3 is 0 Å². The van der Waals surface area contributed by atoms with Crippen molar-refractivity contribution in [2.45, 2.75) is 31.2 Å². The van der Waals surface area contributed by atoms with Crippen LogP contribution < -0.4 is 10.0 Å².